The number of carbonyl (C=O) groups excluding carboxylic acids is 2. The van der Waals surface area contributed by atoms with Crippen molar-refractivity contribution in [3.63, 3.8) is 0 Å². The summed E-state index contributed by atoms with van der Waals surface area (Å²) in [7, 11) is 0. The summed E-state index contributed by atoms with van der Waals surface area (Å²) in [6.45, 7) is 2.47. The van der Waals surface area contributed by atoms with Crippen molar-refractivity contribution in [2.24, 2.45) is 0 Å². The smallest absolute Gasteiger partial charge is 0.251 e. The maximum absolute atomic E-state index is 12.6. The van der Waals surface area contributed by atoms with Crippen LogP contribution in [0.15, 0.2) is 71.9 Å². The van der Waals surface area contributed by atoms with Crippen LogP contribution in [-0.2, 0) is 4.79 Å². The van der Waals surface area contributed by atoms with Gasteiger partial charge in [0.2, 0.25) is 11.9 Å². The van der Waals surface area contributed by atoms with Crippen molar-refractivity contribution in [1.29, 1.82) is 0 Å². The Morgan fingerprint density at radius 2 is 1.66 bits per heavy atom. The molecule has 0 radical (unpaired) electrons. The largest absolute Gasteiger partial charge is 0.343 e. The molecular formula is C24H25N5O2S. The SMILES string of the molecule is CSc1ccc(-c2cccc(C(=O)NCC(=O)N3CCN(c4ncccn4)CC3)c2)cc1. The first-order valence-corrected chi connectivity index (χ1v) is 11.7. The molecule has 4 rings (SSSR count). The predicted octanol–water partition coefficient (Wildman–Crippen LogP) is 2.94. The molecule has 1 aliphatic rings. The Hall–Kier alpha value is -3.39. The third-order valence-electron chi connectivity index (χ3n) is 5.42. The molecule has 0 spiro atoms. The summed E-state index contributed by atoms with van der Waals surface area (Å²) in [5.41, 5.74) is 2.56. The van der Waals surface area contributed by atoms with E-state index in [2.05, 4.69) is 32.3 Å². The molecule has 1 saturated heterocycles. The van der Waals surface area contributed by atoms with E-state index in [0.717, 1.165) is 11.1 Å². The van der Waals surface area contributed by atoms with Crippen molar-refractivity contribution in [3.8, 4) is 11.1 Å². The van der Waals surface area contributed by atoms with Gasteiger partial charge in [-0.1, -0.05) is 24.3 Å². The first kappa shape index (κ1) is 21.8. The number of nitrogens with one attached hydrogen (secondary N) is 1. The van der Waals surface area contributed by atoms with Crippen LogP contribution in [-0.4, -0.2) is 65.7 Å². The van der Waals surface area contributed by atoms with E-state index in [9.17, 15) is 9.59 Å². The summed E-state index contributed by atoms with van der Waals surface area (Å²) in [6.07, 6.45) is 5.46. The number of rotatable bonds is 6. The molecule has 0 aliphatic carbocycles. The summed E-state index contributed by atoms with van der Waals surface area (Å²) in [5.74, 6) is 0.337. The fourth-order valence-electron chi connectivity index (χ4n) is 3.60. The quantitative estimate of drug-likeness (QED) is 0.586. The minimum atomic E-state index is -0.253. The number of aromatic nitrogens is 2. The number of hydrogen-bond donors (Lipinski definition) is 1. The van der Waals surface area contributed by atoms with Gasteiger partial charge in [0.25, 0.3) is 5.91 Å². The van der Waals surface area contributed by atoms with Crippen LogP contribution in [0, 0.1) is 0 Å². The normalized spacial score (nSPS) is 13.7. The number of nitrogens with zero attached hydrogens (tertiary/aromatic N) is 4. The van der Waals surface area contributed by atoms with Crippen LogP contribution in [0.5, 0.6) is 0 Å². The number of anilines is 1. The Morgan fingerprint density at radius 3 is 2.34 bits per heavy atom. The van der Waals surface area contributed by atoms with E-state index in [1.54, 1.807) is 41.2 Å². The van der Waals surface area contributed by atoms with Gasteiger partial charge in [-0.15, -0.1) is 11.8 Å². The molecule has 3 aromatic rings. The number of benzene rings is 2. The average Bonchev–Trinajstić information content (AvgIpc) is 2.88. The number of hydrogen-bond acceptors (Lipinski definition) is 6. The standard InChI is InChI=1S/C24H25N5O2S/c1-32-21-8-6-18(7-9-21)19-4-2-5-20(16-19)23(31)27-17-22(30)28-12-14-29(15-13-28)24-25-10-3-11-26-24/h2-11,16H,12-15,17H2,1H3,(H,27,31). The van der Waals surface area contributed by atoms with Gasteiger partial charge in [0.05, 0.1) is 6.54 Å². The van der Waals surface area contributed by atoms with Gasteiger partial charge in [-0.25, -0.2) is 9.97 Å². The first-order chi connectivity index (χ1) is 15.6. The van der Waals surface area contributed by atoms with E-state index in [1.165, 1.54) is 4.90 Å². The zero-order valence-electron chi connectivity index (χ0n) is 17.9. The van der Waals surface area contributed by atoms with Crippen molar-refractivity contribution < 1.29 is 9.59 Å². The zero-order valence-corrected chi connectivity index (χ0v) is 18.7. The lowest BCUT2D eigenvalue weighted by Crippen LogP contribution is -2.51. The third kappa shape index (κ3) is 5.26. The first-order valence-electron chi connectivity index (χ1n) is 10.5. The number of piperazine rings is 1. The highest BCUT2D eigenvalue weighted by molar-refractivity contribution is 7.98. The summed E-state index contributed by atoms with van der Waals surface area (Å²) in [4.78, 5) is 38.8. The second kappa shape index (κ2) is 10.3. The van der Waals surface area contributed by atoms with Gasteiger partial charge in [0.15, 0.2) is 0 Å². The molecule has 1 N–H and O–H groups in total. The molecular weight excluding hydrogens is 422 g/mol. The third-order valence-corrected chi connectivity index (χ3v) is 6.16. The fourth-order valence-corrected chi connectivity index (χ4v) is 4.01. The lowest BCUT2D eigenvalue weighted by atomic mass is 10.0. The minimum absolute atomic E-state index is 0.0205. The van der Waals surface area contributed by atoms with Crippen LogP contribution >= 0.6 is 11.8 Å². The van der Waals surface area contributed by atoms with Gasteiger partial charge >= 0.3 is 0 Å². The van der Waals surface area contributed by atoms with Crippen LogP contribution < -0.4 is 10.2 Å². The second-order valence-corrected chi connectivity index (χ2v) is 8.29. The van der Waals surface area contributed by atoms with E-state index in [-0.39, 0.29) is 18.4 Å². The lowest BCUT2D eigenvalue weighted by molar-refractivity contribution is -0.130. The Kier molecular flexibility index (Phi) is 7.01. The molecule has 2 amide bonds. The highest BCUT2D eigenvalue weighted by Crippen LogP contribution is 2.23. The maximum atomic E-state index is 12.6. The van der Waals surface area contributed by atoms with Gasteiger partial charge in [-0.05, 0) is 47.7 Å². The average molecular weight is 448 g/mol. The fraction of sp³-hybridized carbons (Fsp3) is 0.250. The Labute approximate surface area is 191 Å². The van der Waals surface area contributed by atoms with Crippen molar-refractivity contribution in [2.75, 3.05) is 43.9 Å². The molecule has 1 aliphatic heterocycles. The van der Waals surface area contributed by atoms with Gasteiger partial charge in [0.1, 0.15) is 0 Å². The van der Waals surface area contributed by atoms with Crippen molar-refractivity contribution in [2.45, 2.75) is 4.90 Å². The topological polar surface area (TPSA) is 78.4 Å². The van der Waals surface area contributed by atoms with Gasteiger partial charge in [-0.3, -0.25) is 9.59 Å². The molecule has 164 valence electrons. The molecule has 32 heavy (non-hydrogen) atoms. The van der Waals surface area contributed by atoms with E-state index < -0.39 is 0 Å². The Balaban J connectivity index is 1.30. The number of carbonyl (C=O) groups is 2. The van der Waals surface area contributed by atoms with E-state index >= 15 is 0 Å². The lowest BCUT2D eigenvalue weighted by Gasteiger charge is -2.34. The van der Waals surface area contributed by atoms with Crippen LogP contribution in [0.2, 0.25) is 0 Å². The minimum Gasteiger partial charge on any atom is -0.343 e. The molecule has 0 unspecified atom stereocenters. The highest BCUT2D eigenvalue weighted by Gasteiger charge is 2.22. The van der Waals surface area contributed by atoms with Crippen LogP contribution in [0.3, 0.4) is 0 Å². The Bertz CT molecular complexity index is 1070. The van der Waals surface area contributed by atoms with Gasteiger partial charge in [0, 0.05) is 49.0 Å². The zero-order chi connectivity index (χ0) is 22.3. The maximum Gasteiger partial charge on any atom is 0.251 e. The summed E-state index contributed by atoms with van der Waals surface area (Å²) < 4.78 is 0. The van der Waals surface area contributed by atoms with Crippen LogP contribution in [0.25, 0.3) is 11.1 Å². The summed E-state index contributed by atoms with van der Waals surface area (Å²) in [6, 6.07) is 17.5. The molecule has 0 bridgehead atoms. The van der Waals surface area contributed by atoms with Gasteiger partial charge < -0.3 is 15.1 Å². The highest BCUT2D eigenvalue weighted by atomic mass is 32.2. The van der Waals surface area contributed by atoms with Gasteiger partial charge in [-0.2, -0.15) is 0 Å². The molecule has 2 aromatic carbocycles. The molecule has 7 nitrogen and oxygen atoms in total. The molecule has 1 fully saturated rings. The van der Waals surface area contributed by atoms with Crippen molar-refractivity contribution in [1.82, 2.24) is 20.2 Å². The molecule has 2 heterocycles. The second-order valence-electron chi connectivity index (χ2n) is 7.41. The van der Waals surface area contributed by atoms with E-state index in [4.69, 9.17) is 0 Å². The Morgan fingerprint density at radius 1 is 0.938 bits per heavy atom. The summed E-state index contributed by atoms with van der Waals surface area (Å²) >= 11 is 1.69. The van der Waals surface area contributed by atoms with Crippen LogP contribution in [0.4, 0.5) is 5.95 Å². The van der Waals surface area contributed by atoms with E-state index in [0.29, 0.717) is 37.7 Å². The van der Waals surface area contributed by atoms with Crippen molar-refractivity contribution >= 4 is 29.5 Å². The van der Waals surface area contributed by atoms with E-state index in [1.807, 2.05) is 36.6 Å². The molecule has 1 aromatic heterocycles. The monoisotopic (exact) mass is 447 g/mol. The number of amides is 2. The van der Waals surface area contributed by atoms with Crippen molar-refractivity contribution in [3.05, 3.63) is 72.6 Å². The summed E-state index contributed by atoms with van der Waals surface area (Å²) in [5, 5.41) is 2.76. The van der Waals surface area contributed by atoms with Crippen LogP contribution in [0.1, 0.15) is 10.4 Å². The molecule has 0 saturated carbocycles. The number of thioether (sulfide) groups is 1. The molecule has 0 atom stereocenters. The predicted molar refractivity (Wildman–Crippen MR) is 127 cm³/mol. The molecule has 8 heteroatoms.